The van der Waals surface area contributed by atoms with Crippen LogP contribution >= 0.6 is 89.9 Å². The second-order valence-electron chi connectivity index (χ2n) is 12.8. The summed E-state index contributed by atoms with van der Waals surface area (Å²) in [5.41, 5.74) is 13.7. The van der Waals surface area contributed by atoms with E-state index in [9.17, 15) is 0 Å². The number of para-hydroxylation sites is 1. The molecule has 26 heteroatoms. The molecule has 6 aliphatic rings. The Bertz CT molecular complexity index is 2180. The molecule has 12 rings (SSSR count). The van der Waals surface area contributed by atoms with E-state index in [2.05, 4.69) is 97.8 Å². The molecule has 6 aromatic carbocycles. The van der Waals surface area contributed by atoms with Crippen LogP contribution in [0.5, 0.6) is 0 Å². The van der Waals surface area contributed by atoms with Crippen LogP contribution in [-0.4, -0.2) is 0 Å². The van der Waals surface area contributed by atoms with Crippen LogP contribution in [0.1, 0.15) is 33.4 Å². The predicted octanol–water partition coefficient (Wildman–Crippen LogP) is 8.73. The number of azo groups is 6. The first-order valence-corrected chi connectivity index (χ1v) is 36.6. The number of benzene rings is 6. The zero-order valence-electron chi connectivity index (χ0n) is 36.0. The molecular formula is C42H38Cl10N12Na2Ru2+2. The molecule has 0 spiro atoms. The molecule has 0 atom stereocenters. The molecule has 0 amide bonds. The van der Waals surface area contributed by atoms with Crippen molar-refractivity contribution in [3.05, 3.63) is 179 Å². The zero-order chi connectivity index (χ0) is 45.6. The Morgan fingerprint density at radius 2 is 0.515 bits per heavy atom. The van der Waals surface area contributed by atoms with E-state index in [1.807, 2.05) is 109 Å². The molecule has 0 saturated heterocycles. The van der Waals surface area contributed by atoms with Crippen molar-refractivity contribution < 1.29 is 98.3 Å². The molecular weight excluding hydrogens is 1280 g/mol. The number of hydrogen-bond acceptors (Lipinski definition) is 11. The average Bonchev–Trinajstić information content (AvgIpc) is 4.15. The van der Waals surface area contributed by atoms with E-state index in [1.165, 1.54) is 33.4 Å². The molecule has 12 nitrogen and oxygen atoms in total. The Balaban J connectivity index is 0.000000389. The van der Waals surface area contributed by atoms with Crippen LogP contribution in [-0.2, 0) is 60.9 Å². The van der Waals surface area contributed by atoms with E-state index < -0.39 is 21.6 Å². The summed E-state index contributed by atoms with van der Waals surface area (Å²) < 4.78 is 0. The number of fused-ring (bicyclic) bond motifs is 6. The minimum atomic E-state index is -2.97. The third-order valence-electron chi connectivity index (χ3n) is 8.52. The van der Waals surface area contributed by atoms with Gasteiger partial charge in [-0.1, -0.05) is 109 Å². The van der Waals surface area contributed by atoms with Gasteiger partial charge in [-0.2, -0.15) is 51.1 Å². The third-order valence-corrected chi connectivity index (χ3v) is 8.52. The molecule has 0 radical (unpaired) electrons. The maximum atomic E-state index is 5.00. The first kappa shape index (κ1) is 65.1. The van der Waals surface area contributed by atoms with Crippen molar-refractivity contribution in [3.8, 4) is 0 Å². The second kappa shape index (κ2) is 35.3. The Kier molecular flexibility index (Phi) is 33.7. The minimum absolute atomic E-state index is 0. The number of halogens is 10. The Labute approximate surface area is 490 Å². The van der Waals surface area contributed by atoms with E-state index in [-0.39, 0.29) is 83.9 Å². The van der Waals surface area contributed by atoms with Crippen LogP contribution in [0.2, 0.25) is 0 Å². The van der Waals surface area contributed by atoms with Crippen LogP contribution in [0.4, 0.5) is 34.1 Å². The van der Waals surface area contributed by atoms with Gasteiger partial charge in [0.1, 0.15) is 5.69 Å². The SMILES string of the molecule is Cl.[Cl-].[Cl][Ru]([Cl])([Cl])[Cl].[Cl][Ru]([Cl])([Cl])[Cl].[Na+].[Na+].c1ccc2c(c1)CN=N2.c1ccc2c(c1)CN=N2.c1ccc2c(c1)CN=N2.c1ccc2c(c1)CN=N2.c1ccc2c(c1)CN=N2.c1ccc2c(c1)C[NH+]=N2. The topological polar surface area (TPSA) is 150 Å². The van der Waals surface area contributed by atoms with Gasteiger partial charge < -0.3 is 12.4 Å². The first-order chi connectivity index (χ1) is 30.8. The van der Waals surface area contributed by atoms with Crippen molar-refractivity contribution in [2.75, 3.05) is 0 Å². The van der Waals surface area contributed by atoms with Crippen LogP contribution in [0.25, 0.3) is 0 Å². The summed E-state index contributed by atoms with van der Waals surface area (Å²) in [6.45, 7) is 4.69. The van der Waals surface area contributed by atoms with Gasteiger partial charge >= 0.3 is 158 Å². The van der Waals surface area contributed by atoms with E-state index >= 15 is 0 Å². The van der Waals surface area contributed by atoms with Crippen molar-refractivity contribution in [1.82, 2.24) is 0 Å². The summed E-state index contributed by atoms with van der Waals surface area (Å²) in [6, 6.07) is 48.2. The molecule has 352 valence electrons. The summed E-state index contributed by atoms with van der Waals surface area (Å²) in [6.07, 6.45) is 0. The van der Waals surface area contributed by atoms with Gasteiger partial charge in [-0.15, -0.1) is 17.5 Å². The smallest absolute Gasteiger partial charge is 0.184 e. The number of hydrogen-bond donors (Lipinski definition) is 1. The largest absolute Gasteiger partial charge is 1.00 e. The molecule has 68 heavy (non-hydrogen) atoms. The van der Waals surface area contributed by atoms with Crippen LogP contribution in [0.3, 0.4) is 0 Å². The predicted molar refractivity (Wildman–Crippen MR) is 261 cm³/mol. The van der Waals surface area contributed by atoms with E-state index in [0.717, 1.165) is 73.4 Å². The van der Waals surface area contributed by atoms with Crippen molar-refractivity contribution in [2.24, 2.45) is 56.3 Å². The van der Waals surface area contributed by atoms with Crippen molar-refractivity contribution in [1.29, 1.82) is 0 Å². The van der Waals surface area contributed by atoms with Gasteiger partial charge in [0.15, 0.2) is 6.54 Å². The number of nitrogens with zero attached hydrogens (tertiary/aromatic N) is 11. The average molecular weight is 1310 g/mol. The molecule has 6 heterocycles. The fourth-order valence-electron chi connectivity index (χ4n) is 5.63. The summed E-state index contributed by atoms with van der Waals surface area (Å²) in [7, 11) is 34.0. The van der Waals surface area contributed by atoms with Crippen LogP contribution in [0.15, 0.2) is 202 Å². The minimum Gasteiger partial charge on any atom is -0.184 e. The van der Waals surface area contributed by atoms with Crippen molar-refractivity contribution in [2.45, 2.75) is 39.3 Å². The fourth-order valence-corrected chi connectivity index (χ4v) is 5.63. The number of rotatable bonds is 0. The van der Waals surface area contributed by atoms with Gasteiger partial charge in [0.25, 0.3) is 0 Å². The summed E-state index contributed by atoms with van der Waals surface area (Å²) in [5.74, 6) is 0. The Morgan fingerprint density at radius 3 is 0.721 bits per heavy atom. The molecule has 0 aromatic heterocycles. The van der Waals surface area contributed by atoms with Crippen LogP contribution < -0.4 is 76.6 Å². The summed E-state index contributed by atoms with van der Waals surface area (Å²) in [5, 5.41) is 46.0. The molecule has 0 bridgehead atoms. The van der Waals surface area contributed by atoms with Gasteiger partial charge in [-0.3, -0.25) is 0 Å². The molecule has 6 aliphatic heterocycles. The van der Waals surface area contributed by atoms with Gasteiger partial charge in [0.2, 0.25) is 0 Å². The van der Waals surface area contributed by atoms with Gasteiger partial charge in [-0.25, -0.2) is 0 Å². The Morgan fingerprint density at radius 1 is 0.324 bits per heavy atom. The molecule has 0 aliphatic carbocycles. The van der Waals surface area contributed by atoms with E-state index in [1.54, 1.807) is 0 Å². The normalized spacial score (nSPS) is 13.2. The van der Waals surface area contributed by atoms with Gasteiger partial charge in [-0.05, 0) is 41.5 Å². The number of nitrogens with one attached hydrogen (secondary N) is 1. The first-order valence-electron chi connectivity index (χ1n) is 18.7. The van der Waals surface area contributed by atoms with Crippen LogP contribution in [0, 0.1) is 0 Å². The van der Waals surface area contributed by atoms with E-state index in [0.29, 0.717) is 0 Å². The summed E-state index contributed by atoms with van der Waals surface area (Å²) >= 11 is 0. The van der Waals surface area contributed by atoms with Crippen molar-refractivity contribution >= 4 is 124 Å². The molecule has 0 fully saturated rings. The summed E-state index contributed by atoms with van der Waals surface area (Å²) in [4.78, 5) is 0. The maximum absolute atomic E-state index is 5.00. The van der Waals surface area contributed by atoms with E-state index in [4.69, 9.17) is 77.5 Å². The standard InChI is InChI=1S/6C7H6N2.10ClH.2Na.2Ru/c6*1-2-4-7-6(3-1)5-8-9-7;;;;;;;;;;;;;;/h6*1-4H,5H2;10*1H;;;;/q;;;;;;;;;;;;;;;;2*+1;2*+4/p-8. The van der Waals surface area contributed by atoms with Gasteiger partial charge in [0, 0.05) is 27.8 Å². The molecule has 0 unspecified atom stereocenters. The van der Waals surface area contributed by atoms with Crippen molar-refractivity contribution in [3.63, 3.8) is 0 Å². The Hall–Kier alpha value is -0.933. The second-order valence-corrected chi connectivity index (χ2v) is 44.5. The quantitative estimate of drug-likeness (QED) is 0.145. The maximum Gasteiger partial charge on any atom is 1.00 e. The molecule has 0 saturated carbocycles. The monoisotopic (exact) mass is 1310 g/mol. The molecule has 1 N–H and O–H groups in total. The fraction of sp³-hybridized carbons (Fsp3) is 0.143. The third kappa shape index (κ3) is 26.1. The zero-order valence-corrected chi connectivity index (χ0v) is 51.1. The molecule has 6 aromatic rings. The van der Waals surface area contributed by atoms with Gasteiger partial charge in [0.05, 0.1) is 66.7 Å².